The standard InChI is InChI=1S/C25H36N6O7/c1-4-6-11-29-19(33)17(18(26)27)20(34)31(23(29)37)15-7-9-24(10-8-15)13-25(14-24)21(35)28(3)22(36)30(25)12-16(32)38-5-2/h15,33H,4-14H2,1-3H3,(H3,26,27). The monoisotopic (exact) mass is 532 g/mol. The van der Waals surface area contributed by atoms with Crippen molar-refractivity contribution in [3.8, 4) is 5.88 Å². The van der Waals surface area contributed by atoms with Gasteiger partial charge in [0, 0.05) is 19.6 Å². The lowest BCUT2D eigenvalue weighted by Crippen LogP contribution is -2.65. The molecule has 0 radical (unpaired) electrons. The van der Waals surface area contributed by atoms with E-state index in [1.54, 1.807) is 6.92 Å². The predicted octanol–water partition coefficient (Wildman–Crippen LogP) is 0.891. The van der Waals surface area contributed by atoms with Crippen LogP contribution in [0.3, 0.4) is 0 Å². The fourth-order valence-electron chi connectivity index (χ4n) is 6.53. The van der Waals surface area contributed by atoms with E-state index < -0.39 is 46.5 Å². The molecule has 4 N–H and O–H groups in total. The molecule has 1 aromatic heterocycles. The minimum absolute atomic E-state index is 0.172. The summed E-state index contributed by atoms with van der Waals surface area (Å²) < 4.78 is 7.22. The molecule has 13 heteroatoms. The van der Waals surface area contributed by atoms with E-state index in [4.69, 9.17) is 15.9 Å². The van der Waals surface area contributed by atoms with E-state index in [-0.39, 0.29) is 36.6 Å². The number of nitrogens with two attached hydrogens (primary N) is 1. The zero-order chi connectivity index (χ0) is 28.0. The highest BCUT2D eigenvalue weighted by Gasteiger charge is 2.68. The van der Waals surface area contributed by atoms with E-state index in [1.807, 2.05) is 6.92 Å². The third-order valence-corrected chi connectivity index (χ3v) is 8.40. The van der Waals surface area contributed by atoms with Gasteiger partial charge in [-0.25, -0.2) is 9.59 Å². The van der Waals surface area contributed by atoms with Crippen LogP contribution in [0.25, 0.3) is 0 Å². The maximum atomic E-state index is 13.3. The van der Waals surface area contributed by atoms with Crippen LogP contribution in [-0.4, -0.2) is 73.5 Å². The number of carbonyl (C=O) groups is 3. The largest absolute Gasteiger partial charge is 0.494 e. The highest BCUT2D eigenvalue weighted by Crippen LogP contribution is 2.61. The summed E-state index contributed by atoms with van der Waals surface area (Å²) in [5.41, 5.74) is 2.45. The second-order valence-electron chi connectivity index (χ2n) is 10.7. The van der Waals surface area contributed by atoms with Gasteiger partial charge in [-0.2, -0.15) is 0 Å². The van der Waals surface area contributed by atoms with E-state index in [1.165, 1.54) is 11.9 Å². The molecule has 0 unspecified atom stereocenters. The molecule has 2 saturated carbocycles. The average molecular weight is 533 g/mol. The average Bonchev–Trinajstić information content (AvgIpc) is 3.01. The van der Waals surface area contributed by atoms with Crippen LogP contribution in [0.2, 0.25) is 0 Å². The number of nitrogen functional groups attached to an aromatic ring is 1. The molecular weight excluding hydrogens is 496 g/mol. The van der Waals surface area contributed by atoms with Gasteiger partial charge in [-0.3, -0.25) is 38.7 Å². The van der Waals surface area contributed by atoms with Crippen molar-refractivity contribution < 1.29 is 24.2 Å². The Morgan fingerprint density at radius 2 is 1.79 bits per heavy atom. The van der Waals surface area contributed by atoms with Gasteiger partial charge in [0.05, 0.1) is 6.61 Å². The molecule has 38 heavy (non-hydrogen) atoms. The molecule has 3 fully saturated rings. The number of nitrogens with one attached hydrogen (secondary N) is 1. The molecule has 3 amide bonds. The number of hydrogen-bond acceptors (Lipinski definition) is 8. The number of nitrogens with zero attached hydrogens (tertiary/aromatic N) is 4. The third kappa shape index (κ3) is 4.17. The van der Waals surface area contributed by atoms with E-state index in [9.17, 15) is 29.1 Å². The summed E-state index contributed by atoms with van der Waals surface area (Å²) in [5, 5.41) is 18.3. The molecule has 1 saturated heterocycles. The van der Waals surface area contributed by atoms with Crippen molar-refractivity contribution in [2.24, 2.45) is 11.1 Å². The number of amides is 3. The van der Waals surface area contributed by atoms with E-state index in [0.717, 1.165) is 20.5 Å². The first-order valence-corrected chi connectivity index (χ1v) is 13.1. The number of esters is 1. The molecule has 3 aliphatic rings. The molecule has 13 nitrogen and oxygen atoms in total. The summed E-state index contributed by atoms with van der Waals surface area (Å²) in [6.45, 7) is 3.68. The summed E-state index contributed by atoms with van der Waals surface area (Å²) in [5.74, 6) is -2.09. The number of urea groups is 1. The normalized spacial score (nSPS) is 26.8. The Labute approximate surface area is 219 Å². The molecule has 2 spiro atoms. The smallest absolute Gasteiger partial charge is 0.334 e. The van der Waals surface area contributed by atoms with Crippen LogP contribution < -0.4 is 17.0 Å². The second kappa shape index (κ2) is 9.91. The first-order valence-electron chi connectivity index (χ1n) is 13.1. The van der Waals surface area contributed by atoms with E-state index in [2.05, 4.69) is 0 Å². The van der Waals surface area contributed by atoms with Crippen LogP contribution >= 0.6 is 0 Å². The Balaban J connectivity index is 1.57. The summed E-state index contributed by atoms with van der Waals surface area (Å²) in [7, 11) is 1.41. The number of likely N-dealkylation sites (N-methyl/N-ethyl adjacent to an activating group) is 1. The Bertz CT molecular complexity index is 1280. The minimum Gasteiger partial charge on any atom is -0.494 e. The van der Waals surface area contributed by atoms with Crippen molar-refractivity contribution in [2.75, 3.05) is 20.2 Å². The van der Waals surface area contributed by atoms with Gasteiger partial charge in [0.1, 0.15) is 23.5 Å². The Hall–Kier alpha value is -3.64. The van der Waals surface area contributed by atoms with Crippen LogP contribution in [0.15, 0.2) is 9.59 Å². The van der Waals surface area contributed by atoms with Gasteiger partial charge in [-0.05, 0) is 57.3 Å². The summed E-state index contributed by atoms with van der Waals surface area (Å²) in [4.78, 5) is 66.8. The predicted molar refractivity (Wildman–Crippen MR) is 136 cm³/mol. The Morgan fingerprint density at radius 1 is 1.16 bits per heavy atom. The van der Waals surface area contributed by atoms with Crippen molar-refractivity contribution in [3.63, 3.8) is 0 Å². The summed E-state index contributed by atoms with van der Waals surface area (Å²) in [6, 6.07) is -0.977. The summed E-state index contributed by atoms with van der Waals surface area (Å²) >= 11 is 0. The number of aromatic hydroxyl groups is 1. The van der Waals surface area contributed by atoms with Gasteiger partial charge in [-0.15, -0.1) is 0 Å². The minimum atomic E-state index is -1.09. The number of hydrogen-bond donors (Lipinski definition) is 3. The van der Waals surface area contributed by atoms with Crippen molar-refractivity contribution in [1.82, 2.24) is 18.9 Å². The number of carbonyl (C=O) groups excluding carboxylic acids is 3. The number of imide groups is 1. The van der Waals surface area contributed by atoms with Crippen LogP contribution in [0, 0.1) is 10.8 Å². The Morgan fingerprint density at radius 3 is 2.34 bits per heavy atom. The van der Waals surface area contributed by atoms with Crippen molar-refractivity contribution in [2.45, 2.75) is 83.3 Å². The van der Waals surface area contributed by atoms with Crippen LogP contribution in [0.4, 0.5) is 4.79 Å². The van der Waals surface area contributed by atoms with Crippen LogP contribution in [-0.2, 0) is 20.9 Å². The number of ether oxygens (including phenoxy) is 1. The summed E-state index contributed by atoms with van der Waals surface area (Å²) in [6.07, 6.45) is 4.30. The second-order valence-corrected chi connectivity index (χ2v) is 10.7. The van der Waals surface area contributed by atoms with E-state index >= 15 is 0 Å². The van der Waals surface area contributed by atoms with Crippen molar-refractivity contribution in [1.29, 1.82) is 5.41 Å². The van der Waals surface area contributed by atoms with Crippen LogP contribution in [0.5, 0.6) is 5.88 Å². The molecule has 0 atom stereocenters. The number of unbranched alkanes of at least 4 members (excludes halogenated alkanes) is 1. The molecule has 2 heterocycles. The molecule has 0 aromatic carbocycles. The SMILES string of the molecule is CCCCn1c(O)c(C(=N)N)c(=O)n(C2CCC3(CC2)CC2(C3)C(=O)N(C)C(=O)N2CC(=O)OCC)c1=O. The fourth-order valence-corrected chi connectivity index (χ4v) is 6.53. The lowest BCUT2D eigenvalue weighted by Gasteiger charge is -2.58. The molecule has 1 aromatic rings. The molecule has 2 aliphatic carbocycles. The highest BCUT2D eigenvalue weighted by molar-refractivity contribution is 6.08. The maximum Gasteiger partial charge on any atom is 0.334 e. The van der Waals surface area contributed by atoms with Gasteiger partial charge < -0.3 is 15.6 Å². The Kier molecular flexibility index (Phi) is 7.15. The third-order valence-electron chi connectivity index (χ3n) is 8.40. The number of aromatic nitrogens is 2. The van der Waals surface area contributed by atoms with Crippen molar-refractivity contribution >= 4 is 23.7 Å². The highest BCUT2D eigenvalue weighted by atomic mass is 16.5. The van der Waals surface area contributed by atoms with Crippen molar-refractivity contribution in [3.05, 3.63) is 26.4 Å². The zero-order valence-corrected chi connectivity index (χ0v) is 22.1. The number of rotatable bonds is 8. The lowest BCUT2D eigenvalue weighted by molar-refractivity contribution is -0.155. The zero-order valence-electron chi connectivity index (χ0n) is 22.1. The van der Waals surface area contributed by atoms with Crippen LogP contribution in [0.1, 0.15) is 76.8 Å². The molecule has 208 valence electrons. The topological polar surface area (TPSA) is 181 Å². The quantitative estimate of drug-likeness (QED) is 0.191. The molecular formula is C25H36N6O7. The van der Waals surface area contributed by atoms with Gasteiger partial charge in [0.25, 0.3) is 11.5 Å². The number of amidine groups is 1. The van der Waals surface area contributed by atoms with Gasteiger partial charge in [0.15, 0.2) is 0 Å². The fraction of sp³-hybridized carbons (Fsp3) is 0.680. The molecule has 1 aliphatic heterocycles. The lowest BCUT2D eigenvalue weighted by atomic mass is 9.51. The maximum absolute atomic E-state index is 13.3. The van der Waals surface area contributed by atoms with E-state index in [0.29, 0.717) is 44.9 Å². The van der Waals surface area contributed by atoms with Gasteiger partial charge in [-0.1, -0.05) is 13.3 Å². The van der Waals surface area contributed by atoms with Gasteiger partial charge >= 0.3 is 17.7 Å². The molecule has 0 bridgehead atoms. The first-order chi connectivity index (χ1) is 17.9. The molecule has 4 rings (SSSR count). The first kappa shape index (κ1) is 27.4. The van der Waals surface area contributed by atoms with Gasteiger partial charge in [0.2, 0.25) is 5.88 Å².